The molecule has 2 heterocycles. The lowest BCUT2D eigenvalue weighted by Crippen LogP contribution is -1.83. The second-order valence-corrected chi connectivity index (χ2v) is 2.25. The predicted octanol–water partition coefficient (Wildman–Crippen LogP) is 2.29. The number of aromatic nitrogens is 5. The molecule has 0 aliphatic rings. The summed E-state index contributed by atoms with van der Waals surface area (Å²) >= 11 is 0. The molecule has 0 aliphatic carbocycles. The van der Waals surface area contributed by atoms with Crippen molar-refractivity contribution in [2.24, 2.45) is 14.1 Å². The van der Waals surface area contributed by atoms with Crippen molar-refractivity contribution in [1.82, 2.24) is 24.5 Å². The standard InChI is InChI=1S/C4H6N2.C3H5N3.2C2H6/c1-6-4-2-3-5-6;1-6-3-4-2-5-6;2*1-2/h2-4H,1H3;2-3H,1H3;2*1-2H3. The fourth-order valence-electron chi connectivity index (χ4n) is 0.613. The van der Waals surface area contributed by atoms with Gasteiger partial charge in [-0.15, -0.1) is 0 Å². The molecular formula is C11H23N5. The molecular weight excluding hydrogens is 202 g/mol. The van der Waals surface area contributed by atoms with Crippen molar-refractivity contribution in [2.45, 2.75) is 27.7 Å². The Morgan fingerprint density at radius 1 is 0.875 bits per heavy atom. The molecule has 0 saturated carbocycles. The Kier molecular flexibility index (Phi) is 14.0. The first kappa shape index (κ1) is 16.8. The summed E-state index contributed by atoms with van der Waals surface area (Å²) in [5.41, 5.74) is 0. The maximum absolute atomic E-state index is 3.83. The molecule has 0 bridgehead atoms. The van der Waals surface area contributed by atoms with Gasteiger partial charge in [-0.1, -0.05) is 27.7 Å². The average Bonchev–Trinajstić information content (AvgIpc) is 2.98. The Balaban J connectivity index is 0. The molecule has 0 N–H and O–H groups in total. The van der Waals surface area contributed by atoms with E-state index in [-0.39, 0.29) is 0 Å². The Labute approximate surface area is 98.1 Å². The van der Waals surface area contributed by atoms with E-state index in [1.54, 1.807) is 21.9 Å². The first-order valence-corrected chi connectivity index (χ1v) is 5.51. The van der Waals surface area contributed by atoms with Crippen LogP contribution in [0.5, 0.6) is 0 Å². The summed E-state index contributed by atoms with van der Waals surface area (Å²) in [7, 11) is 3.72. The lowest BCUT2D eigenvalue weighted by atomic mass is 10.8. The normalized spacial score (nSPS) is 7.38. The molecule has 5 nitrogen and oxygen atoms in total. The first-order chi connectivity index (χ1) is 7.79. The number of hydrogen-bond acceptors (Lipinski definition) is 3. The third-order valence-corrected chi connectivity index (χ3v) is 1.17. The van der Waals surface area contributed by atoms with Gasteiger partial charge in [0.1, 0.15) is 12.7 Å². The third-order valence-electron chi connectivity index (χ3n) is 1.17. The first-order valence-electron chi connectivity index (χ1n) is 5.51. The van der Waals surface area contributed by atoms with E-state index in [1.165, 1.54) is 6.33 Å². The second kappa shape index (κ2) is 13.4. The molecule has 16 heavy (non-hydrogen) atoms. The van der Waals surface area contributed by atoms with Crippen molar-refractivity contribution in [1.29, 1.82) is 0 Å². The zero-order valence-electron chi connectivity index (χ0n) is 11.1. The molecule has 0 fully saturated rings. The van der Waals surface area contributed by atoms with Crippen LogP contribution < -0.4 is 0 Å². The largest absolute Gasteiger partial charge is 0.276 e. The Hall–Kier alpha value is -1.65. The minimum absolute atomic E-state index is 1.50. The van der Waals surface area contributed by atoms with Crippen LogP contribution in [0, 0.1) is 0 Å². The van der Waals surface area contributed by atoms with E-state index < -0.39 is 0 Å². The van der Waals surface area contributed by atoms with E-state index in [2.05, 4.69) is 15.2 Å². The zero-order chi connectivity index (χ0) is 12.8. The lowest BCUT2D eigenvalue weighted by molar-refractivity contribution is 0.765. The molecule has 0 amide bonds. The van der Waals surface area contributed by atoms with Crippen LogP contribution in [0.15, 0.2) is 31.1 Å². The van der Waals surface area contributed by atoms with Gasteiger partial charge in [-0.2, -0.15) is 10.2 Å². The van der Waals surface area contributed by atoms with Gasteiger partial charge in [-0.05, 0) is 6.07 Å². The number of rotatable bonds is 0. The fourth-order valence-corrected chi connectivity index (χ4v) is 0.613. The molecule has 0 aliphatic heterocycles. The van der Waals surface area contributed by atoms with Gasteiger partial charge in [-0.3, -0.25) is 9.36 Å². The minimum atomic E-state index is 1.50. The quantitative estimate of drug-likeness (QED) is 0.691. The van der Waals surface area contributed by atoms with Crippen molar-refractivity contribution in [2.75, 3.05) is 0 Å². The molecule has 5 heteroatoms. The van der Waals surface area contributed by atoms with E-state index in [9.17, 15) is 0 Å². The maximum atomic E-state index is 3.83. The molecule has 92 valence electrons. The summed E-state index contributed by atoms with van der Waals surface area (Å²) in [6.45, 7) is 8.00. The van der Waals surface area contributed by atoms with E-state index in [1.807, 2.05) is 54.1 Å². The number of nitrogens with zero attached hydrogens (tertiary/aromatic N) is 5. The van der Waals surface area contributed by atoms with Crippen molar-refractivity contribution in [3.05, 3.63) is 31.1 Å². The van der Waals surface area contributed by atoms with Gasteiger partial charge in [-0.25, -0.2) is 4.98 Å². The summed E-state index contributed by atoms with van der Waals surface area (Å²) in [5, 5.41) is 7.56. The summed E-state index contributed by atoms with van der Waals surface area (Å²) in [4.78, 5) is 3.67. The van der Waals surface area contributed by atoms with E-state index in [0.717, 1.165) is 0 Å². The van der Waals surface area contributed by atoms with E-state index >= 15 is 0 Å². The highest BCUT2D eigenvalue weighted by Crippen LogP contribution is 1.73. The van der Waals surface area contributed by atoms with Crippen molar-refractivity contribution in [3.8, 4) is 0 Å². The van der Waals surface area contributed by atoms with Crippen LogP contribution in [0.1, 0.15) is 27.7 Å². The Bertz CT molecular complexity index is 254. The molecule has 0 aromatic carbocycles. The Morgan fingerprint density at radius 3 is 1.62 bits per heavy atom. The van der Waals surface area contributed by atoms with E-state index in [0.29, 0.717) is 0 Å². The zero-order valence-corrected chi connectivity index (χ0v) is 11.1. The van der Waals surface area contributed by atoms with Crippen LogP contribution in [-0.4, -0.2) is 24.5 Å². The number of aryl methyl sites for hydroxylation is 2. The Morgan fingerprint density at radius 2 is 1.50 bits per heavy atom. The minimum Gasteiger partial charge on any atom is -0.276 e. The van der Waals surface area contributed by atoms with Crippen LogP contribution in [0.2, 0.25) is 0 Å². The van der Waals surface area contributed by atoms with Gasteiger partial charge in [0.15, 0.2) is 0 Å². The highest BCUT2D eigenvalue weighted by Gasteiger charge is 1.70. The van der Waals surface area contributed by atoms with Crippen LogP contribution in [0.4, 0.5) is 0 Å². The van der Waals surface area contributed by atoms with Crippen molar-refractivity contribution >= 4 is 0 Å². The smallest absolute Gasteiger partial charge is 0.137 e. The summed E-state index contributed by atoms with van der Waals surface area (Å²) in [5.74, 6) is 0. The molecule has 2 rings (SSSR count). The van der Waals surface area contributed by atoms with Gasteiger partial charge in [0.2, 0.25) is 0 Å². The van der Waals surface area contributed by atoms with Gasteiger partial charge < -0.3 is 0 Å². The van der Waals surface area contributed by atoms with Crippen molar-refractivity contribution < 1.29 is 0 Å². The summed E-state index contributed by atoms with van der Waals surface area (Å²) in [6, 6.07) is 1.89. The van der Waals surface area contributed by atoms with Crippen molar-refractivity contribution in [3.63, 3.8) is 0 Å². The fraction of sp³-hybridized carbons (Fsp3) is 0.545. The van der Waals surface area contributed by atoms with Gasteiger partial charge in [0.25, 0.3) is 0 Å². The molecule has 2 aromatic heterocycles. The molecule has 0 unspecified atom stereocenters. The molecule has 2 aromatic rings. The molecule has 0 saturated heterocycles. The summed E-state index contributed by atoms with van der Waals surface area (Å²) < 4.78 is 3.39. The topological polar surface area (TPSA) is 48.5 Å². The highest BCUT2D eigenvalue weighted by molar-refractivity contribution is 4.75. The average molecular weight is 225 g/mol. The van der Waals surface area contributed by atoms with Crippen LogP contribution in [0.25, 0.3) is 0 Å². The SMILES string of the molecule is CC.CC.Cn1cccn1.Cn1cncn1. The number of hydrogen-bond donors (Lipinski definition) is 0. The lowest BCUT2D eigenvalue weighted by Gasteiger charge is -1.77. The van der Waals surface area contributed by atoms with Crippen LogP contribution in [0.3, 0.4) is 0 Å². The van der Waals surface area contributed by atoms with Gasteiger partial charge in [0, 0.05) is 26.5 Å². The molecule has 0 atom stereocenters. The third kappa shape index (κ3) is 10.4. The van der Waals surface area contributed by atoms with Crippen LogP contribution >= 0.6 is 0 Å². The van der Waals surface area contributed by atoms with Gasteiger partial charge >= 0.3 is 0 Å². The highest BCUT2D eigenvalue weighted by atomic mass is 15.3. The molecule has 0 radical (unpaired) electrons. The van der Waals surface area contributed by atoms with Crippen LogP contribution in [-0.2, 0) is 14.1 Å². The predicted molar refractivity (Wildman–Crippen MR) is 66.9 cm³/mol. The molecule has 0 spiro atoms. The van der Waals surface area contributed by atoms with Gasteiger partial charge in [0.05, 0.1) is 0 Å². The summed E-state index contributed by atoms with van der Waals surface area (Å²) in [6.07, 6.45) is 6.78. The maximum Gasteiger partial charge on any atom is 0.137 e. The second-order valence-electron chi connectivity index (χ2n) is 2.25. The monoisotopic (exact) mass is 225 g/mol. The van der Waals surface area contributed by atoms with E-state index in [4.69, 9.17) is 0 Å².